The molecule has 3 aromatic rings. The minimum Gasteiger partial charge on any atom is -0.371 e. The van der Waals surface area contributed by atoms with Gasteiger partial charge in [-0.3, -0.25) is 0 Å². The molecule has 0 atom stereocenters. The summed E-state index contributed by atoms with van der Waals surface area (Å²) in [4.78, 5) is 5.35. The van der Waals surface area contributed by atoms with Gasteiger partial charge in [0.15, 0.2) is 0 Å². The first-order valence-corrected chi connectivity index (χ1v) is 11.4. The quantitative estimate of drug-likeness (QED) is 0.491. The summed E-state index contributed by atoms with van der Waals surface area (Å²) in [5, 5.41) is 6.06. The van der Waals surface area contributed by atoms with Crippen LogP contribution in [0.5, 0.6) is 0 Å². The molecule has 0 fully saturated rings. The molecular formula is C26H28N2. The second-order valence-corrected chi connectivity index (χ2v) is 9.41. The molecular weight excluding hydrogens is 340 g/mol. The molecule has 4 heterocycles. The van der Waals surface area contributed by atoms with E-state index in [0.29, 0.717) is 0 Å². The van der Waals surface area contributed by atoms with E-state index in [1.54, 1.807) is 33.6 Å². The van der Waals surface area contributed by atoms with Crippen LogP contribution in [0, 0.1) is 0 Å². The zero-order chi connectivity index (χ0) is 18.2. The van der Waals surface area contributed by atoms with Crippen LogP contribution < -0.4 is 9.80 Å². The van der Waals surface area contributed by atoms with Crippen molar-refractivity contribution in [1.82, 2.24) is 0 Å². The number of rotatable bonds is 0. The molecule has 2 nitrogen and oxygen atoms in total. The van der Waals surface area contributed by atoms with Gasteiger partial charge >= 0.3 is 0 Å². The molecule has 0 amide bonds. The maximum absolute atomic E-state index is 2.68. The summed E-state index contributed by atoms with van der Waals surface area (Å²) in [6.07, 6.45) is 10.3. The van der Waals surface area contributed by atoms with Crippen LogP contribution in [0.4, 0.5) is 11.4 Å². The predicted molar refractivity (Wildman–Crippen MR) is 119 cm³/mol. The molecule has 0 unspecified atom stereocenters. The smallest absolute Gasteiger partial charge is 0.0437 e. The summed E-state index contributed by atoms with van der Waals surface area (Å²) in [5.41, 5.74) is 9.73. The zero-order valence-electron chi connectivity index (χ0n) is 16.7. The Bertz CT molecular complexity index is 1050. The molecule has 3 aromatic carbocycles. The second kappa shape index (κ2) is 5.65. The van der Waals surface area contributed by atoms with Crippen molar-refractivity contribution in [2.24, 2.45) is 0 Å². The van der Waals surface area contributed by atoms with Crippen molar-refractivity contribution in [2.45, 2.75) is 51.4 Å². The van der Waals surface area contributed by atoms with Gasteiger partial charge in [0, 0.05) is 37.6 Å². The molecule has 0 aromatic heterocycles. The molecule has 0 bridgehead atoms. The number of fused-ring (bicyclic) bond motifs is 4. The normalized spacial score (nSPS) is 20.4. The maximum Gasteiger partial charge on any atom is 0.0437 e. The topological polar surface area (TPSA) is 6.48 Å². The Morgan fingerprint density at radius 2 is 0.929 bits per heavy atom. The maximum atomic E-state index is 2.68. The fourth-order valence-electron chi connectivity index (χ4n) is 6.71. The van der Waals surface area contributed by atoms with E-state index in [0.717, 1.165) is 0 Å². The summed E-state index contributed by atoms with van der Waals surface area (Å²) >= 11 is 0. The lowest BCUT2D eigenvalue weighted by Crippen LogP contribution is -2.34. The molecule has 0 saturated carbocycles. The fraction of sp³-hybridized carbons (Fsp3) is 0.462. The Labute approximate surface area is 167 Å². The summed E-state index contributed by atoms with van der Waals surface area (Å²) < 4.78 is 0. The average Bonchev–Trinajstić information content (AvgIpc) is 2.74. The molecule has 4 aliphatic heterocycles. The summed E-state index contributed by atoms with van der Waals surface area (Å²) in [6, 6.07) is 10.2. The number of aryl methyl sites for hydroxylation is 4. The summed E-state index contributed by atoms with van der Waals surface area (Å²) in [5.74, 6) is 0. The van der Waals surface area contributed by atoms with E-state index in [-0.39, 0.29) is 0 Å². The highest BCUT2D eigenvalue weighted by Gasteiger charge is 2.28. The number of hydrogen-bond acceptors (Lipinski definition) is 2. The molecule has 2 heteroatoms. The van der Waals surface area contributed by atoms with Crippen LogP contribution >= 0.6 is 0 Å². The van der Waals surface area contributed by atoms with Gasteiger partial charge in [0.1, 0.15) is 0 Å². The van der Waals surface area contributed by atoms with Crippen molar-refractivity contribution >= 4 is 32.9 Å². The van der Waals surface area contributed by atoms with Gasteiger partial charge in [-0.15, -0.1) is 0 Å². The van der Waals surface area contributed by atoms with Crippen molar-refractivity contribution in [1.29, 1.82) is 0 Å². The molecule has 0 spiro atoms. The standard InChI is InChI=1S/C26H28N2/c1-5-17-13-19-15-24-20(16-23(19)21-7-3-11-27(9-1)25(17)21)14-18-6-2-10-28-12-4-8-22(24)26(18)28/h13-16H,1-12H2. The minimum absolute atomic E-state index is 1.26. The van der Waals surface area contributed by atoms with E-state index in [1.807, 2.05) is 0 Å². The van der Waals surface area contributed by atoms with E-state index in [1.165, 1.54) is 99.1 Å². The molecule has 7 rings (SSSR count). The first-order valence-electron chi connectivity index (χ1n) is 11.4. The van der Waals surface area contributed by atoms with Gasteiger partial charge in [-0.1, -0.05) is 0 Å². The van der Waals surface area contributed by atoms with E-state index in [2.05, 4.69) is 34.1 Å². The largest absolute Gasteiger partial charge is 0.371 e. The van der Waals surface area contributed by atoms with Crippen molar-refractivity contribution < 1.29 is 0 Å². The van der Waals surface area contributed by atoms with Gasteiger partial charge < -0.3 is 9.80 Å². The highest BCUT2D eigenvalue weighted by molar-refractivity contribution is 6.05. The Balaban J connectivity index is 1.56. The molecule has 0 saturated heterocycles. The fourth-order valence-corrected chi connectivity index (χ4v) is 6.71. The average molecular weight is 369 g/mol. The van der Waals surface area contributed by atoms with Gasteiger partial charge in [-0.05, 0) is 119 Å². The monoisotopic (exact) mass is 368 g/mol. The van der Waals surface area contributed by atoms with Crippen LogP contribution in [0.25, 0.3) is 21.5 Å². The molecule has 0 N–H and O–H groups in total. The minimum atomic E-state index is 1.26. The van der Waals surface area contributed by atoms with Crippen LogP contribution in [-0.2, 0) is 25.7 Å². The highest BCUT2D eigenvalue weighted by atomic mass is 15.1. The first kappa shape index (κ1) is 15.7. The Morgan fingerprint density at radius 1 is 0.500 bits per heavy atom. The van der Waals surface area contributed by atoms with Crippen molar-refractivity contribution in [2.75, 3.05) is 36.0 Å². The SMILES string of the molecule is c1c2c3c(c4cc5cc6c7c(c5cc14)CCCN7CCC6)CCCN3CCC2. The third-order valence-electron chi connectivity index (χ3n) is 7.80. The van der Waals surface area contributed by atoms with Crippen molar-refractivity contribution in [3.63, 3.8) is 0 Å². The van der Waals surface area contributed by atoms with Gasteiger partial charge in [0.2, 0.25) is 0 Å². The molecule has 0 radical (unpaired) electrons. The van der Waals surface area contributed by atoms with Crippen molar-refractivity contribution in [3.05, 3.63) is 46.5 Å². The van der Waals surface area contributed by atoms with Gasteiger partial charge in [0.05, 0.1) is 0 Å². The molecule has 28 heavy (non-hydrogen) atoms. The van der Waals surface area contributed by atoms with E-state index in [9.17, 15) is 0 Å². The van der Waals surface area contributed by atoms with Crippen molar-refractivity contribution in [3.8, 4) is 0 Å². The van der Waals surface area contributed by atoms with Crippen LogP contribution in [0.15, 0.2) is 24.3 Å². The number of hydrogen-bond donors (Lipinski definition) is 0. The Morgan fingerprint density at radius 3 is 1.39 bits per heavy atom. The van der Waals surface area contributed by atoms with E-state index in [4.69, 9.17) is 0 Å². The molecule has 142 valence electrons. The summed E-state index contributed by atoms with van der Waals surface area (Å²) in [7, 11) is 0. The lowest BCUT2D eigenvalue weighted by atomic mass is 9.84. The van der Waals surface area contributed by atoms with Crippen LogP contribution in [0.2, 0.25) is 0 Å². The lowest BCUT2D eigenvalue weighted by molar-refractivity contribution is 0.636. The van der Waals surface area contributed by atoms with Gasteiger partial charge in [-0.25, -0.2) is 0 Å². The van der Waals surface area contributed by atoms with Gasteiger partial charge in [-0.2, -0.15) is 0 Å². The number of benzene rings is 3. The third kappa shape index (κ3) is 2.04. The van der Waals surface area contributed by atoms with E-state index < -0.39 is 0 Å². The van der Waals surface area contributed by atoms with Crippen LogP contribution in [0.3, 0.4) is 0 Å². The Hall–Kier alpha value is -2.22. The second-order valence-electron chi connectivity index (χ2n) is 9.41. The van der Waals surface area contributed by atoms with E-state index >= 15 is 0 Å². The summed E-state index contributed by atoms with van der Waals surface area (Å²) in [6.45, 7) is 5.03. The predicted octanol–water partition coefficient (Wildman–Crippen LogP) is 5.39. The number of nitrogens with zero attached hydrogens (tertiary/aromatic N) is 2. The molecule has 4 aliphatic rings. The van der Waals surface area contributed by atoms with Gasteiger partial charge in [0.25, 0.3) is 0 Å². The highest BCUT2D eigenvalue weighted by Crippen LogP contribution is 2.44. The lowest BCUT2D eigenvalue weighted by Gasteiger charge is -2.38. The third-order valence-corrected chi connectivity index (χ3v) is 7.80. The van der Waals surface area contributed by atoms with Crippen LogP contribution in [-0.4, -0.2) is 26.2 Å². The molecule has 0 aliphatic carbocycles. The number of anilines is 2. The zero-order valence-corrected chi connectivity index (χ0v) is 16.7. The van der Waals surface area contributed by atoms with Crippen LogP contribution in [0.1, 0.15) is 47.9 Å². The first-order chi connectivity index (χ1) is 13.9. The Kier molecular flexibility index (Phi) is 3.17.